The Morgan fingerprint density at radius 1 is 1.50 bits per heavy atom. The maximum absolute atomic E-state index is 11.0. The summed E-state index contributed by atoms with van der Waals surface area (Å²) < 4.78 is 23.9. The number of rotatable bonds is 3. The van der Waals surface area contributed by atoms with Gasteiger partial charge in [0.25, 0.3) is 0 Å². The van der Waals surface area contributed by atoms with Gasteiger partial charge in [-0.05, 0) is 13.8 Å². The second-order valence-corrected chi connectivity index (χ2v) is 5.13. The summed E-state index contributed by atoms with van der Waals surface area (Å²) in [6.45, 7) is 4.29. The SMILES string of the molecule is CC(=O)NS(=O)(=O)CC(C)(C)N. The summed E-state index contributed by atoms with van der Waals surface area (Å²) >= 11 is 0. The molecule has 0 radical (unpaired) electrons. The van der Waals surface area contributed by atoms with Crippen molar-refractivity contribution in [2.45, 2.75) is 26.3 Å². The van der Waals surface area contributed by atoms with E-state index in [1.54, 1.807) is 13.8 Å². The molecule has 0 fully saturated rings. The van der Waals surface area contributed by atoms with E-state index in [1.807, 2.05) is 4.72 Å². The van der Waals surface area contributed by atoms with E-state index in [9.17, 15) is 13.2 Å². The van der Waals surface area contributed by atoms with Gasteiger partial charge in [0.15, 0.2) is 0 Å². The van der Waals surface area contributed by atoms with Gasteiger partial charge in [0.05, 0.1) is 5.75 Å². The van der Waals surface area contributed by atoms with E-state index in [-0.39, 0.29) is 5.75 Å². The Bertz CT molecular complexity index is 263. The number of amides is 1. The van der Waals surface area contributed by atoms with Crippen molar-refractivity contribution in [2.75, 3.05) is 5.75 Å². The third-order valence-electron chi connectivity index (χ3n) is 0.861. The molecule has 3 N–H and O–H groups in total. The van der Waals surface area contributed by atoms with Crippen molar-refractivity contribution in [3.8, 4) is 0 Å². The van der Waals surface area contributed by atoms with Crippen LogP contribution in [-0.2, 0) is 14.8 Å². The standard InChI is InChI=1S/C6H14N2O3S/c1-5(9)8-12(10,11)4-6(2,3)7/h4,7H2,1-3H3,(H,8,9). The summed E-state index contributed by atoms with van der Waals surface area (Å²) in [7, 11) is -3.56. The van der Waals surface area contributed by atoms with Crippen molar-refractivity contribution in [2.24, 2.45) is 5.73 Å². The van der Waals surface area contributed by atoms with Gasteiger partial charge in [-0.25, -0.2) is 8.42 Å². The van der Waals surface area contributed by atoms with Gasteiger partial charge in [0, 0.05) is 12.5 Å². The van der Waals surface area contributed by atoms with E-state index in [0.717, 1.165) is 6.92 Å². The molecule has 0 heterocycles. The molecular weight excluding hydrogens is 180 g/mol. The van der Waals surface area contributed by atoms with Crippen molar-refractivity contribution in [1.82, 2.24) is 4.72 Å². The highest BCUT2D eigenvalue weighted by Crippen LogP contribution is 2.00. The molecule has 12 heavy (non-hydrogen) atoms. The van der Waals surface area contributed by atoms with Gasteiger partial charge in [-0.1, -0.05) is 0 Å². The second-order valence-electron chi connectivity index (χ2n) is 3.41. The molecule has 6 heteroatoms. The molecule has 0 aromatic heterocycles. The molecule has 0 spiro atoms. The Morgan fingerprint density at radius 2 is 1.92 bits per heavy atom. The van der Waals surface area contributed by atoms with Crippen molar-refractivity contribution >= 4 is 15.9 Å². The Morgan fingerprint density at radius 3 is 2.17 bits per heavy atom. The van der Waals surface area contributed by atoms with Gasteiger partial charge in [-0.15, -0.1) is 0 Å². The molecule has 0 aromatic carbocycles. The average molecular weight is 194 g/mol. The van der Waals surface area contributed by atoms with Crippen LogP contribution in [0.4, 0.5) is 0 Å². The number of nitrogens with two attached hydrogens (primary N) is 1. The first-order valence-electron chi connectivity index (χ1n) is 3.42. The largest absolute Gasteiger partial charge is 0.325 e. The first-order chi connectivity index (χ1) is 5.12. The summed E-state index contributed by atoms with van der Waals surface area (Å²) in [6.07, 6.45) is 0. The van der Waals surface area contributed by atoms with E-state index >= 15 is 0 Å². The summed E-state index contributed by atoms with van der Waals surface area (Å²) in [4.78, 5) is 10.4. The Balaban J connectivity index is 4.36. The van der Waals surface area contributed by atoms with Crippen LogP contribution >= 0.6 is 0 Å². The number of nitrogens with one attached hydrogen (secondary N) is 1. The van der Waals surface area contributed by atoms with Crippen LogP contribution in [-0.4, -0.2) is 25.6 Å². The summed E-state index contributed by atoms with van der Waals surface area (Å²) in [5.74, 6) is -0.862. The Kier molecular flexibility index (Phi) is 3.23. The minimum absolute atomic E-state index is 0.264. The van der Waals surface area contributed by atoms with E-state index in [0.29, 0.717) is 0 Å². The van der Waals surface area contributed by atoms with Gasteiger partial charge in [-0.2, -0.15) is 0 Å². The highest BCUT2D eigenvalue weighted by molar-refractivity contribution is 7.90. The highest BCUT2D eigenvalue weighted by Gasteiger charge is 2.22. The Labute approximate surface area is 72.4 Å². The molecule has 0 saturated heterocycles. The lowest BCUT2D eigenvalue weighted by Gasteiger charge is -2.17. The van der Waals surface area contributed by atoms with Gasteiger partial charge in [0.1, 0.15) is 0 Å². The summed E-state index contributed by atoms with van der Waals surface area (Å²) in [5.41, 5.74) is 4.63. The fraction of sp³-hybridized carbons (Fsp3) is 0.833. The molecule has 0 aliphatic rings. The van der Waals surface area contributed by atoms with E-state index in [1.165, 1.54) is 0 Å². The van der Waals surface area contributed by atoms with Crippen molar-refractivity contribution in [3.63, 3.8) is 0 Å². The maximum Gasteiger partial charge on any atom is 0.236 e. The number of carbonyl (C=O) groups is 1. The monoisotopic (exact) mass is 194 g/mol. The lowest BCUT2D eigenvalue weighted by Crippen LogP contribution is -2.44. The Hall–Kier alpha value is -0.620. The fourth-order valence-corrected chi connectivity index (χ4v) is 2.23. The van der Waals surface area contributed by atoms with Gasteiger partial charge in [0.2, 0.25) is 15.9 Å². The number of carbonyl (C=O) groups excluding carboxylic acids is 1. The molecule has 0 aromatic rings. The molecule has 1 amide bonds. The van der Waals surface area contributed by atoms with E-state index < -0.39 is 21.5 Å². The normalized spacial score (nSPS) is 12.7. The first-order valence-corrected chi connectivity index (χ1v) is 5.07. The zero-order valence-corrected chi connectivity index (χ0v) is 8.23. The summed E-state index contributed by atoms with van der Waals surface area (Å²) in [5, 5.41) is 0. The number of sulfonamides is 1. The number of hydrogen-bond donors (Lipinski definition) is 2. The van der Waals surface area contributed by atoms with Gasteiger partial charge < -0.3 is 5.73 Å². The van der Waals surface area contributed by atoms with Crippen LogP contribution < -0.4 is 10.5 Å². The molecule has 72 valence electrons. The smallest absolute Gasteiger partial charge is 0.236 e. The fourth-order valence-electron chi connectivity index (χ4n) is 0.745. The molecule has 0 bridgehead atoms. The quantitative estimate of drug-likeness (QED) is 0.615. The van der Waals surface area contributed by atoms with Crippen molar-refractivity contribution < 1.29 is 13.2 Å². The lowest BCUT2D eigenvalue weighted by atomic mass is 10.1. The third kappa shape index (κ3) is 6.11. The van der Waals surface area contributed by atoms with E-state index in [2.05, 4.69) is 0 Å². The minimum Gasteiger partial charge on any atom is -0.325 e. The predicted octanol–water partition coefficient (Wildman–Crippen LogP) is -0.810. The minimum atomic E-state index is -3.56. The van der Waals surface area contributed by atoms with Crippen LogP contribution in [0.25, 0.3) is 0 Å². The maximum atomic E-state index is 11.0. The molecule has 0 saturated carbocycles. The zero-order chi connectivity index (χ0) is 9.99. The highest BCUT2D eigenvalue weighted by atomic mass is 32.2. The van der Waals surface area contributed by atoms with Crippen LogP contribution in [0.3, 0.4) is 0 Å². The first kappa shape index (κ1) is 11.4. The van der Waals surface area contributed by atoms with E-state index in [4.69, 9.17) is 5.73 Å². The molecule has 0 aliphatic carbocycles. The lowest BCUT2D eigenvalue weighted by molar-refractivity contribution is -0.117. The van der Waals surface area contributed by atoms with Crippen LogP contribution in [0.15, 0.2) is 0 Å². The third-order valence-corrected chi connectivity index (χ3v) is 2.58. The van der Waals surface area contributed by atoms with Crippen LogP contribution in [0.1, 0.15) is 20.8 Å². The van der Waals surface area contributed by atoms with Gasteiger partial charge >= 0.3 is 0 Å². The zero-order valence-electron chi connectivity index (χ0n) is 7.42. The predicted molar refractivity (Wildman–Crippen MR) is 45.9 cm³/mol. The summed E-state index contributed by atoms with van der Waals surface area (Å²) in [6, 6.07) is 0. The molecule has 0 unspecified atom stereocenters. The van der Waals surface area contributed by atoms with Crippen molar-refractivity contribution in [1.29, 1.82) is 0 Å². The average Bonchev–Trinajstić information content (AvgIpc) is 1.48. The van der Waals surface area contributed by atoms with Crippen molar-refractivity contribution in [3.05, 3.63) is 0 Å². The molecule has 5 nitrogen and oxygen atoms in total. The number of hydrogen-bond acceptors (Lipinski definition) is 4. The second kappa shape index (κ2) is 3.40. The molecular formula is C6H14N2O3S. The molecule has 0 rings (SSSR count). The molecule has 0 atom stereocenters. The van der Waals surface area contributed by atoms with Crippen LogP contribution in [0, 0.1) is 0 Å². The molecule has 0 aliphatic heterocycles. The van der Waals surface area contributed by atoms with Crippen LogP contribution in [0.5, 0.6) is 0 Å². The van der Waals surface area contributed by atoms with Crippen LogP contribution in [0.2, 0.25) is 0 Å². The van der Waals surface area contributed by atoms with Gasteiger partial charge in [-0.3, -0.25) is 9.52 Å². The topological polar surface area (TPSA) is 89.3 Å².